The Morgan fingerprint density at radius 2 is 2.20 bits per heavy atom. The monoisotopic (exact) mass is 205 g/mol. The molecule has 1 aromatic carbocycles. The molecule has 0 amide bonds. The SMILES string of the molecule is Cc1ccc(C(=O)O)c(NC2CC2C)c1. The maximum absolute atomic E-state index is 11.0. The molecule has 1 aliphatic rings. The molecule has 1 aromatic rings. The minimum Gasteiger partial charge on any atom is -0.478 e. The van der Waals surface area contributed by atoms with Crippen LogP contribution >= 0.6 is 0 Å². The molecule has 2 rings (SSSR count). The number of anilines is 1. The third-order valence-corrected chi connectivity index (χ3v) is 2.86. The van der Waals surface area contributed by atoms with E-state index in [0.717, 1.165) is 17.7 Å². The highest BCUT2D eigenvalue weighted by Crippen LogP contribution is 2.33. The first-order valence-corrected chi connectivity index (χ1v) is 5.18. The summed E-state index contributed by atoms with van der Waals surface area (Å²) in [6.45, 7) is 4.13. The molecule has 15 heavy (non-hydrogen) atoms. The molecule has 1 saturated carbocycles. The molecule has 2 unspecified atom stereocenters. The molecule has 0 spiro atoms. The molecule has 1 fully saturated rings. The van der Waals surface area contributed by atoms with Gasteiger partial charge in [-0.15, -0.1) is 0 Å². The largest absolute Gasteiger partial charge is 0.478 e. The molecular formula is C12H15NO2. The minimum absolute atomic E-state index is 0.361. The fourth-order valence-electron chi connectivity index (χ4n) is 1.69. The fraction of sp³-hybridized carbons (Fsp3) is 0.417. The Labute approximate surface area is 89.1 Å². The minimum atomic E-state index is -0.870. The standard InChI is InChI=1S/C12H15NO2/c1-7-3-4-9(12(14)15)11(5-7)13-10-6-8(10)2/h3-5,8,10,13H,6H2,1-2H3,(H,14,15). The van der Waals surface area contributed by atoms with Crippen LogP contribution in [0, 0.1) is 12.8 Å². The van der Waals surface area contributed by atoms with E-state index in [0.29, 0.717) is 17.5 Å². The van der Waals surface area contributed by atoms with Gasteiger partial charge in [0.25, 0.3) is 0 Å². The zero-order chi connectivity index (χ0) is 11.0. The van der Waals surface area contributed by atoms with Crippen molar-refractivity contribution in [1.82, 2.24) is 0 Å². The van der Waals surface area contributed by atoms with Crippen LogP contribution in [0.1, 0.15) is 29.3 Å². The Kier molecular flexibility index (Phi) is 2.39. The molecule has 80 valence electrons. The van der Waals surface area contributed by atoms with E-state index in [1.165, 1.54) is 0 Å². The summed E-state index contributed by atoms with van der Waals surface area (Å²) in [5.41, 5.74) is 2.19. The maximum Gasteiger partial charge on any atom is 0.337 e. The third kappa shape index (κ3) is 2.12. The number of carbonyl (C=O) groups is 1. The van der Waals surface area contributed by atoms with E-state index in [-0.39, 0.29) is 0 Å². The van der Waals surface area contributed by atoms with E-state index in [1.54, 1.807) is 6.07 Å². The average Bonchev–Trinajstić information content (AvgIpc) is 2.81. The van der Waals surface area contributed by atoms with E-state index in [4.69, 9.17) is 5.11 Å². The number of hydrogen-bond acceptors (Lipinski definition) is 2. The molecule has 2 N–H and O–H groups in total. The summed E-state index contributed by atoms with van der Waals surface area (Å²) in [5.74, 6) is -0.210. The van der Waals surface area contributed by atoms with E-state index in [1.807, 2.05) is 19.1 Å². The van der Waals surface area contributed by atoms with Crippen molar-refractivity contribution in [3.63, 3.8) is 0 Å². The third-order valence-electron chi connectivity index (χ3n) is 2.86. The van der Waals surface area contributed by atoms with Crippen LogP contribution in [0.15, 0.2) is 18.2 Å². The van der Waals surface area contributed by atoms with Gasteiger partial charge in [0.1, 0.15) is 0 Å². The van der Waals surface area contributed by atoms with Gasteiger partial charge in [-0.25, -0.2) is 4.79 Å². The van der Waals surface area contributed by atoms with Crippen molar-refractivity contribution in [3.8, 4) is 0 Å². The summed E-state index contributed by atoms with van der Waals surface area (Å²) in [5, 5.41) is 12.3. The molecule has 0 bridgehead atoms. The average molecular weight is 205 g/mol. The highest BCUT2D eigenvalue weighted by Gasteiger charge is 2.33. The van der Waals surface area contributed by atoms with Crippen LogP contribution in [0.25, 0.3) is 0 Å². The summed E-state index contributed by atoms with van der Waals surface area (Å²) in [6.07, 6.45) is 1.13. The normalized spacial score (nSPS) is 23.6. The summed E-state index contributed by atoms with van der Waals surface area (Å²) < 4.78 is 0. The van der Waals surface area contributed by atoms with Crippen LogP contribution in [-0.4, -0.2) is 17.1 Å². The number of rotatable bonds is 3. The van der Waals surface area contributed by atoms with Crippen molar-refractivity contribution in [2.45, 2.75) is 26.3 Å². The van der Waals surface area contributed by atoms with Crippen molar-refractivity contribution >= 4 is 11.7 Å². The molecule has 0 saturated heterocycles. The first-order valence-electron chi connectivity index (χ1n) is 5.18. The summed E-state index contributed by atoms with van der Waals surface area (Å²) in [6, 6.07) is 5.83. The molecule has 3 heteroatoms. The topological polar surface area (TPSA) is 49.3 Å². The first kappa shape index (κ1) is 10.0. The number of benzene rings is 1. The van der Waals surface area contributed by atoms with Gasteiger partial charge in [0.2, 0.25) is 0 Å². The lowest BCUT2D eigenvalue weighted by molar-refractivity contribution is 0.0698. The molecular weight excluding hydrogens is 190 g/mol. The van der Waals surface area contributed by atoms with E-state index in [9.17, 15) is 4.79 Å². The number of carboxylic acid groups (broad SMARTS) is 1. The summed E-state index contributed by atoms with van der Waals surface area (Å²) in [4.78, 5) is 11.0. The van der Waals surface area contributed by atoms with Gasteiger partial charge in [-0.05, 0) is 37.0 Å². The molecule has 0 heterocycles. The van der Waals surface area contributed by atoms with Crippen molar-refractivity contribution < 1.29 is 9.90 Å². The smallest absolute Gasteiger partial charge is 0.337 e. The summed E-state index contributed by atoms with van der Waals surface area (Å²) >= 11 is 0. The lowest BCUT2D eigenvalue weighted by atomic mass is 10.1. The van der Waals surface area contributed by atoms with Gasteiger partial charge in [-0.2, -0.15) is 0 Å². The lowest BCUT2D eigenvalue weighted by Crippen LogP contribution is -2.09. The molecule has 0 radical (unpaired) electrons. The fourth-order valence-corrected chi connectivity index (χ4v) is 1.69. The van der Waals surface area contributed by atoms with Crippen molar-refractivity contribution in [2.75, 3.05) is 5.32 Å². The van der Waals surface area contributed by atoms with Crippen LogP contribution in [0.5, 0.6) is 0 Å². The van der Waals surface area contributed by atoms with Crippen LogP contribution < -0.4 is 5.32 Å². The van der Waals surface area contributed by atoms with Crippen molar-refractivity contribution in [3.05, 3.63) is 29.3 Å². The second kappa shape index (κ2) is 3.57. The van der Waals surface area contributed by atoms with Gasteiger partial charge in [0, 0.05) is 11.7 Å². The Hall–Kier alpha value is -1.51. The highest BCUT2D eigenvalue weighted by atomic mass is 16.4. The molecule has 0 aromatic heterocycles. The summed E-state index contributed by atoms with van der Waals surface area (Å²) in [7, 11) is 0. The van der Waals surface area contributed by atoms with Gasteiger partial charge in [-0.1, -0.05) is 13.0 Å². The Balaban J connectivity index is 2.26. The van der Waals surface area contributed by atoms with Crippen LogP contribution in [0.4, 0.5) is 5.69 Å². The van der Waals surface area contributed by atoms with Gasteiger partial charge in [0.15, 0.2) is 0 Å². The molecule has 3 nitrogen and oxygen atoms in total. The van der Waals surface area contributed by atoms with E-state index in [2.05, 4.69) is 12.2 Å². The van der Waals surface area contributed by atoms with Gasteiger partial charge in [-0.3, -0.25) is 0 Å². The number of aryl methyl sites for hydroxylation is 1. The van der Waals surface area contributed by atoms with E-state index < -0.39 is 5.97 Å². The van der Waals surface area contributed by atoms with Gasteiger partial charge >= 0.3 is 5.97 Å². The van der Waals surface area contributed by atoms with Crippen molar-refractivity contribution in [2.24, 2.45) is 5.92 Å². The quantitative estimate of drug-likeness (QED) is 0.797. The lowest BCUT2D eigenvalue weighted by Gasteiger charge is -2.09. The molecule has 0 aliphatic heterocycles. The van der Waals surface area contributed by atoms with Crippen molar-refractivity contribution in [1.29, 1.82) is 0 Å². The number of carboxylic acids is 1. The maximum atomic E-state index is 11.0. The zero-order valence-corrected chi connectivity index (χ0v) is 8.95. The predicted molar refractivity (Wildman–Crippen MR) is 59.3 cm³/mol. The number of nitrogens with one attached hydrogen (secondary N) is 1. The zero-order valence-electron chi connectivity index (χ0n) is 8.95. The second-order valence-electron chi connectivity index (χ2n) is 4.32. The molecule has 1 aliphatic carbocycles. The van der Waals surface area contributed by atoms with Gasteiger partial charge < -0.3 is 10.4 Å². The predicted octanol–water partition coefficient (Wildman–Crippen LogP) is 2.51. The Morgan fingerprint density at radius 3 is 2.73 bits per heavy atom. The molecule has 2 atom stereocenters. The van der Waals surface area contributed by atoms with Gasteiger partial charge in [0.05, 0.1) is 5.56 Å². The van der Waals surface area contributed by atoms with E-state index >= 15 is 0 Å². The van der Waals surface area contributed by atoms with Crippen LogP contribution in [0.2, 0.25) is 0 Å². The number of hydrogen-bond donors (Lipinski definition) is 2. The Morgan fingerprint density at radius 1 is 1.53 bits per heavy atom. The number of aromatic carboxylic acids is 1. The second-order valence-corrected chi connectivity index (χ2v) is 4.32. The highest BCUT2D eigenvalue weighted by molar-refractivity contribution is 5.94. The van der Waals surface area contributed by atoms with Crippen LogP contribution in [0.3, 0.4) is 0 Å². The Bertz CT molecular complexity index is 401. The first-order chi connectivity index (χ1) is 7.08. The van der Waals surface area contributed by atoms with Crippen LogP contribution in [-0.2, 0) is 0 Å².